The second-order valence-corrected chi connectivity index (χ2v) is 4.95. The molecule has 0 heterocycles. The standard InChI is InChI=1S/C13H20FNS/c1-4-13(15-10(2)9-16-3)11-5-7-12(14)8-6-11/h5-8,10,13,15H,4,9H2,1-3H3. The molecule has 2 atom stereocenters. The Morgan fingerprint density at radius 3 is 2.44 bits per heavy atom. The van der Waals surface area contributed by atoms with E-state index in [1.807, 2.05) is 23.9 Å². The molecule has 2 unspecified atom stereocenters. The average molecular weight is 241 g/mol. The number of nitrogens with one attached hydrogen (secondary N) is 1. The van der Waals surface area contributed by atoms with Crippen LogP contribution in [0.3, 0.4) is 0 Å². The molecule has 0 aliphatic heterocycles. The molecule has 0 fully saturated rings. The van der Waals surface area contributed by atoms with E-state index in [4.69, 9.17) is 0 Å². The summed E-state index contributed by atoms with van der Waals surface area (Å²) in [7, 11) is 0. The smallest absolute Gasteiger partial charge is 0.123 e. The van der Waals surface area contributed by atoms with Crippen LogP contribution in [-0.2, 0) is 0 Å². The van der Waals surface area contributed by atoms with Gasteiger partial charge < -0.3 is 5.32 Å². The molecule has 90 valence electrons. The van der Waals surface area contributed by atoms with E-state index >= 15 is 0 Å². The third-order valence-corrected chi connectivity index (χ3v) is 3.42. The number of benzene rings is 1. The summed E-state index contributed by atoms with van der Waals surface area (Å²) in [5.74, 6) is 0.924. The number of halogens is 1. The van der Waals surface area contributed by atoms with Crippen molar-refractivity contribution in [2.24, 2.45) is 0 Å². The third-order valence-electron chi connectivity index (χ3n) is 2.58. The zero-order chi connectivity index (χ0) is 12.0. The van der Waals surface area contributed by atoms with E-state index in [-0.39, 0.29) is 5.82 Å². The van der Waals surface area contributed by atoms with Crippen molar-refractivity contribution >= 4 is 11.8 Å². The second-order valence-electron chi connectivity index (χ2n) is 4.04. The highest BCUT2D eigenvalue weighted by Crippen LogP contribution is 2.18. The molecule has 3 heteroatoms. The Hall–Kier alpha value is -0.540. The molecule has 1 aromatic carbocycles. The van der Waals surface area contributed by atoms with Gasteiger partial charge in [-0.3, -0.25) is 0 Å². The van der Waals surface area contributed by atoms with E-state index in [0.29, 0.717) is 12.1 Å². The van der Waals surface area contributed by atoms with Crippen molar-refractivity contribution in [3.63, 3.8) is 0 Å². The Labute approximate surface area is 102 Å². The molecule has 0 bridgehead atoms. The van der Waals surface area contributed by atoms with Crippen molar-refractivity contribution in [1.29, 1.82) is 0 Å². The molecule has 1 rings (SSSR count). The Bertz CT molecular complexity index is 299. The first-order valence-electron chi connectivity index (χ1n) is 5.67. The molecular formula is C13H20FNS. The zero-order valence-electron chi connectivity index (χ0n) is 10.2. The molecule has 1 N–H and O–H groups in total. The summed E-state index contributed by atoms with van der Waals surface area (Å²) in [4.78, 5) is 0. The molecule has 1 aromatic rings. The lowest BCUT2D eigenvalue weighted by Gasteiger charge is -2.22. The summed E-state index contributed by atoms with van der Waals surface area (Å²) >= 11 is 1.84. The fourth-order valence-corrected chi connectivity index (χ4v) is 2.38. The van der Waals surface area contributed by atoms with Crippen molar-refractivity contribution in [1.82, 2.24) is 5.32 Å². The number of hydrogen-bond donors (Lipinski definition) is 1. The van der Waals surface area contributed by atoms with Gasteiger partial charge in [-0.1, -0.05) is 19.1 Å². The molecule has 1 nitrogen and oxygen atoms in total. The Kier molecular flexibility index (Phi) is 5.85. The van der Waals surface area contributed by atoms with Crippen molar-refractivity contribution in [2.45, 2.75) is 32.4 Å². The van der Waals surface area contributed by atoms with Gasteiger partial charge in [0.1, 0.15) is 5.82 Å². The van der Waals surface area contributed by atoms with Crippen LogP contribution in [0.2, 0.25) is 0 Å². The van der Waals surface area contributed by atoms with Gasteiger partial charge in [0, 0.05) is 17.8 Å². The molecule has 16 heavy (non-hydrogen) atoms. The predicted molar refractivity (Wildman–Crippen MR) is 70.4 cm³/mol. The molecule has 0 saturated carbocycles. The summed E-state index contributed by atoms with van der Waals surface area (Å²) in [6, 6.07) is 7.58. The summed E-state index contributed by atoms with van der Waals surface area (Å²) < 4.78 is 12.8. The summed E-state index contributed by atoms with van der Waals surface area (Å²) in [5, 5.41) is 3.56. The van der Waals surface area contributed by atoms with Crippen LogP contribution < -0.4 is 5.32 Å². The monoisotopic (exact) mass is 241 g/mol. The predicted octanol–water partition coefficient (Wildman–Crippen LogP) is 3.62. The quantitative estimate of drug-likeness (QED) is 0.816. The van der Waals surface area contributed by atoms with Crippen LogP contribution in [0.25, 0.3) is 0 Å². The number of hydrogen-bond acceptors (Lipinski definition) is 2. The van der Waals surface area contributed by atoms with E-state index in [0.717, 1.165) is 17.7 Å². The topological polar surface area (TPSA) is 12.0 Å². The molecular weight excluding hydrogens is 221 g/mol. The first-order chi connectivity index (χ1) is 7.67. The Morgan fingerprint density at radius 2 is 1.94 bits per heavy atom. The van der Waals surface area contributed by atoms with E-state index in [2.05, 4.69) is 25.4 Å². The minimum atomic E-state index is -0.171. The molecule has 0 radical (unpaired) electrons. The van der Waals surface area contributed by atoms with Crippen molar-refractivity contribution in [2.75, 3.05) is 12.0 Å². The van der Waals surface area contributed by atoms with E-state index in [1.54, 1.807) is 0 Å². The summed E-state index contributed by atoms with van der Waals surface area (Å²) in [6.45, 7) is 4.33. The second kappa shape index (κ2) is 6.92. The van der Waals surface area contributed by atoms with Crippen molar-refractivity contribution in [3.8, 4) is 0 Å². The minimum absolute atomic E-state index is 0.171. The van der Waals surface area contributed by atoms with Crippen molar-refractivity contribution in [3.05, 3.63) is 35.6 Å². The van der Waals surface area contributed by atoms with Crippen LogP contribution in [0.1, 0.15) is 31.9 Å². The maximum Gasteiger partial charge on any atom is 0.123 e. The van der Waals surface area contributed by atoms with Gasteiger partial charge in [0.2, 0.25) is 0 Å². The van der Waals surface area contributed by atoms with Crippen LogP contribution in [0.15, 0.2) is 24.3 Å². The third kappa shape index (κ3) is 4.14. The van der Waals surface area contributed by atoms with Gasteiger partial charge in [-0.25, -0.2) is 4.39 Å². The van der Waals surface area contributed by atoms with Crippen LogP contribution in [-0.4, -0.2) is 18.1 Å². The first-order valence-corrected chi connectivity index (χ1v) is 7.07. The van der Waals surface area contributed by atoms with Crippen LogP contribution in [0.5, 0.6) is 0 Å². The largest absolute Gasteiger partial charge is 0.307 e. The van der Waals surface area contributed by atoms with Gasteiger partial charge in [-0.2, -0.15) is 11.8 Å². The van der Waals surface area contributed by atoms with E-state index < -0.39 is 0 Å². The summed E-state index contributed by atoms with van der Waals surface area (Å²) in [6.07, 6.45) is 3.13. The maximum atomic E-state index is 12.8. The maximum absolute atomic E-state index is 12.8. The number of rotatable bonds is 6. The molecule has 0 spiro atoms. The fourth-order valence-electron chi connectivity index (χ4n) is 1.79. The van der Waals surface area contributed by atoms with E-state index in [9.17, 15) is 4.39 Å². The molecule has 0 saturated heterocycles. The first kappa shape index (κ1) is 13.5. The summed E-state index contributed by atoms with van der Waals surface area (Å²) in [5.41, 5.74) is 1.16. The van der Waals surface area contributed by atoms with Gasteiger partial charge in [0.25, 0.3) is 0 Å². The van der Waals surface area contributed by atoms with Crippen LogP contribution in [0, 0.1) is 5.82 Å². The van der Waals surface area contributed by atoms with Crippen LogP contribution >= 0.6 is 11.8 Å². The molecule has 0 amide bonds. The molecule has 0 aromatic heterocycles. The van der Waals surface area contributed by atoms with Gasteiger partial charge in [0.15, 0.2) is 0 Å². The lowest BCUT2D eigenvalue weighted by molar-refractivity contribution is 0.470. The average Bonchev–Trinajstić information content (AvgIpc) is 2.27. The Morgan fingerprint density at radius 1 is 1.31 bits per heavy atom. The number of thioether (sulfide) groups is 1. The minimum Gasteiger partial charge on any atom is -0.307 e. The highest BCUT2D eigenvalue weighted by Gasteiger charge is 2.11. The van der Waals surface area contributed by atoms with E-state index in [1.165, 1.54) is 12.1 Å². The SMILES string of the molecule is CCC(NC(C)CSC)c1ccc(F)cc1. The lowest BCUT2D eigenvalue weighted by atomic mass is 10.0. The Balaban J connectivity index is 2.63. The van der Waals surface area contributed by atoms with Crippen molar-refractivity contribution < 1.29 is 4.39 Å². The normalized spacial score (nSPS) is 14.8. The molecule has 0 aliphatic rings. The molecule has 0 aliphatic carbocycles. The van der Waals surface area contributed by atoms with Gasteiger partial charge >= 0.3 is 0 Å². The lowest BCUT2D eigenvalue weighted by Crippen LogP contribution is -2.32. The highest BCUT2D eigenvalue weighted by atomic mass is 32.2. The van der Waals surface area contributed by atoms with Gasteiger partial charge in [-0.15, -0.1) is 0 Å². The highest BCUT2D eigenvalue weighted by molar-refractivity contribution is 7.98. The van der Waals surface area contributed by atoms with Gasteiger partial charge in [-0.05, 0) is 37.3 Å². The van der Waals surface area contributed by atoms with Gasteiger partial charge in [0.05, 0.1) is 0 Å². The fraction of sp³-hybridized carbons (Fsp3) is 0.538. The zero-order valence-corrected chi connectivity index (χ0v) is 11.0. The van der Waals surface area contributed by atoms with Crippen LogP contribution in [0.4, 0.5) is 4.39 Å².